The molecule has 3 heteroatoms. The van der Waals surface area contributed by atoms with Crippen molar-refractivity contribution < 1.29 is 9.53 Å². The Bertz CT molecular complexity index is 277. The third kappa shape index (κ3) is 3.03. The Morgan fingerprint density at radius 1 is 1.85 bits per heavy atom. The minimum Gasteiger partial charge on any atom is -0.462 e. The first-order valence-corrected chi connectivity index (χ1v) is 4.94. The molecule has 0 spiro atoms. The van der Waals surface area contributed by atoms with E-state index in [1.165, 1.54) is 11.0 Å². The molecule has 2 nitrogen and oxygen atoms in total. The Morgan fingerprint density at radius 3 is 3.15 bits per heavy atom. The van der Waals surface area contributed by atoms with Gasteiger partial charge in [0.25, 0.3) is 0 Å². The number of esters is 1. The van der Waals surface area contributed by atoms with Gasteiger partial charge in [-0.1, -0.05) is 19.6 Å². The van der Waals surface area contributed by atoms with Gasteiger partial charge in [-0.2, -0.15) is 0 Å². The molecule has 0 fully saturated rings. The molecule has 1 atom stereocenters. The van der Waals surface area contributed by atoms with Gasteiger partial charge < -0.3 is 4.74 Å². The van der Waals surface area contributed by atoms with E-state index in [-0.39, 0.29) is 11.9 Å². The maximum atomic E-state index is 10.7. The van der Waals surface area contributed by atoms with Crippen molar-refractivity contribution >= 4 is 17.3 Å². The molecule has 0 aliphatic carbocycles. The van der Waals surface area contributed by atoms with Crippen LogP contribution in [0.2, 0.25) is 0 Å². The average molecular weight is 196 g/mol. The van der Waals surface area contributed by atoms with Gasteiger partial charge in [-0.05, 0) is 11.4 Å². The van der Waals surface area contributed by atoms with Crippen LogP contribution in [-0.4, -0.2) is 12.6 Å². The SMILES string of the molecule is C=CC(=O)OCC(C)c1cccs1. The van der Waals surface area contributed by atoms with E-state index < -0.39 is 0 Å². The first kappa shape index (κ1) is 9.99. The highest BCUT2D eigenvalue weighted by atomic mass is 32.1. The summed E-state index contributed by atoms with van der Waals surface area (Å²) in [4.78, 5) is 12.0. The minimum absolute atomic E-state index is 0.267. The summed E-state index contributed by atoms with van der Waals surface area (Å²) in [5.41, 5.74) is 0. The molecule has 0 aromatic carbocycles. The molecule has 1 aromatic heterocycles. The molecule has 0 N–H and O–H groups in total. The second-order valence-electron chi connectivity index (χ2n) is 2.75. The van der Waals surface area contributed by atoms with Crippen molar-refractivity contribution in [3.8, 4) is 0 Å². The Hall–Kier alpha value is -1.09. The first-order valence-electron chi connectivity index (χ1n) is 4.06. The van der Waals surface area contributed by atoms with Crippen LogP contribution in [0, 0.1) is 0 Å². The van der Waals surface area contributed by atoms with Crippen LogP contribution in [0.4, 0.5) is 0 Å². The highest BCUT2D eigenvalue weighted by Gasteiger charge is 2.07. The standard InChI is InChI=1S/C10H12O2S/c1-3-10(11)12-7-8(2)9-5-4-6-13-9/h3-6,8H,1,7H2,2H3. The fourth-order valence-electron chi connectivity index (χ4n) is 0.920. The van der Waals surface area contributed by atoms with E-state index in [1.54, 1.807) is 11.3 Å². The Balaban J connectivity index is 2.38. The lowest BCUT2D eigenvalue weighted by Gasteiger charge is -2.08. The fourth-order valence-corrected chi connectivity index (χ4v) is 1.69. The van der Waals surface area contributed by atoms with Crippen molar-refractivity contribution in [2.75, 3.05) is 6.61 Å². The van der Waals surface area contributed by atoms with Crippen molar-refractivity contribution in [1.29, 1.82) is 0 Å². The van der Waals surface area contributed by atoms with Crippen LogP contribution in [0.5, 0.6) is 0 Å². The minimum atomic E-state index is -0.358. The maximum Gasteiger partial charge on any atom is 0.330 e. The summed E-state index contributed by atoms with van der Waals surface area (Å²) in [5.74, 6) is -0.0905. The highest BCUT2D eigenvalue weighted by molar-refractivity contribution is 7.10. The summed E-state index contributed by atoms with van der Waals surface area (Å²) in [6.07, 6.45) is 1.18. The largest absolute Gasteiger partial charge is 0.462 e. The number of carbonyl (C=O) groups is 1. The van der Waals surface area contributed by atoms with Crippen molar-refractivity contribution in [3.63, 3.8) is 0 Å². The zero-order valence-electron chi connectivity index (χ0n) is 7.53. The molecule has 0 amide bonds. The molecule has 13 heavy (non-hydrogen) atoms. The molecule has 0 saturated carbocycles. The van der Waals surface area contributed by atoms with Gasteiger partial charge in [-0.25, -0.2) is 4.79 Å². The second kappa shape index (κ2) is 4.82. The van der Waals surface area contributed by atoms with Crippen LogP contribution in [-0.2, 0) is 9.53 Å². The monoisotopic (exact) mass is 196 g/mol. The second-order valence-corrected chi connectivity index (χ2v) is 3.73. The zero-order chi connectivity index (χ0) is 9.68. The zero-order valence-corrected chi connectivity index (χ0v) is 8.34. The van der Waals surface area contributed by atoms with Gasteiger partial charge in [0.1, 0.15) is 0 Å². The normalized spacial score (nSPS) is 12.1. The highest BCUT2D eigenvalue weighted by Crippen LogP contribution is 2.20. The number of hydrogen-bond donors (Lipinski definition) is 0. The third-order valence-corrected chi connectivity index (χ3v) is 2.77. The van der Waals surface area contributed by atoms with Crippen LogP contribution >= 0.6 is 11.3 Å². The van der Waals surface area contributed by atoms with Gasteiger partial charge in [-0.3, -0.25) is 0 Å². The molecule has 70 valence electrons. The van der Waals surface area contributed by atoms with E-state index in [9.17, 15) is 4.79 Å². The lowest BCUT2D eigenvalue weighted by molar-refractivity contribution is -0.138. The predicted molar refractivity (Wildman–Crippen MR) is 53.9 cm³/mol. The quantitative estimate of drug-likeness (QED) is 0.546. The van der Waals surface area contributed by atoms with E-state index in [2.05, 4.69) is 6.58 Å². The van der Waals surface area contributed by atoms with Gasteiger partial charge in [0, 0.05) is 16.9 Å². The number of hydrogen-bond acceptors (Lipinski definition) is 3. The summed E-state index contributed by atoms with van der Waals surface area (Å²) in [6, 6.07) is 4.03. The summed E-state index contributed by atoms with van der Waals surface area (Å²) >= 11 is 1.67. The van der Waals surface area contributed by atoms with Crippen molar-refractivity contribution in [1.82, 2.24) is 0 Å². The molecule has 0 aliphatic rings. The molecular formula is C10H12O2S. The number of carbonyl (C=O) groups excluding carboxylic acids is 1. The molecule has 1 rings (SSSR count). The molecule has 0 aliphatic heterocycles. The van der Waals surface area contributed by atoms with E-state index in [0.29, 0.717) is 6.61 Å². The molecule has 0 radical (unpaired) electrons. The molecule has 1 aromatic rings. The van der Waals surface area contributed by atoms with Crippen molar-refractivity contribution in [2.45, 2.75) is 12.8 Å². The van der Waals surface area contributed by atoms with E-state index in [0.717, 1.165) is 0 Å². The lowest BCUT2D eigenvalue weighted by atomic mass is 10.1. The summed E-state index contributed by atoms with van der Waals surface area (Å²) < 4.78 is 4.93. The number of ether oxygens (including phenoxy) is 1. The van der Waals surface area contributed by atoms with Crippen LogP contribution in [0.25, 0.3) is 0 Å². The molecule has 0 bridgehead atoms. The number of rotatable bonds is 4. The average Bonchev–Trinajstić information content (AvgIpc) is 2.66. The lowest BCUT2D eigenvalue weighted by Crippen LogP contribution is -2.07. The molecule has 1 heterocycles. The Kier molecular flexibility index (Phi) is 3.71. The van der Waals surface area contributed by atoms with Gasteiger partial charge in [0.05, 0.1) is 6.61 Å². The van der Waals surface area contributed by atoms with Crippen LogP contribution in [0.15, 0.2) is 30.2 Å². The van der Waals surface area contributed by atoms with E-state index in [1.807, 2.05) is 24.4 Å². The smallest absolute Gasteiger partial charge is 0.330 e. The third-order valence-electron chi connectivity index (χ3n) is 1.67. The van der Waals surface area contributed by atoms with E-state index >= 15 is 0 Å². The summed E-state index contributed by atoms with van der Waals surface area (Å²) in [6.45, 7) is 5.78. The van der Waals surface area contributed by atoms with Crippen LogP contribution in [0.1, 0.15) is 17.7 Å². The molecular weight excluding hydrogens is 184 g/mol. The van der Waals surface area contributed by atoms with Gasteiger partial charge in [-0.15, -0.1) is 11.3 Å². The van der Waals surface area contributed by atoms with Gasteiger partial charge in [0.2, 0.25) is 0 Å². The topological polar surface area (TPSA) is 26.3 Å². The summed E-state index contributed by atoms with van der Waals surface area (Å²) in [5, 5.41) is 2.02. The van der Waals surface area contributed by atoms with Crippen LogP contribution < -0.4 is 0 Å². The maximum absolute atomic E-state index is 10.7. The van der Waals surface area contributed by atoms with Crippen LogP contribution in [0.3, 0.4) is 0 Å². The Labute approximate surface area is 81.8 Å². The molecule has 0 saturated heterocycles. The Morgan fingerprint density at radius 2 is 2.62 bits per heavy atom. The number of thiophene rings is 1. The fraction of sp³-hybridized carbons (Fsp3) is 0.300. The van der Waals surface area contributed by atoms with E-state index in [4.69, 9.17) is 4.74 Å². The van der Waals surface area contributed by atoms with Gasteiger partial charge in [0.15, 0.2) is 0 Å². The predicted octanol–water partition coefficient (Wildman–Crippen LogP) is 2.58. The molecule has 1 unspecified atom stereocenters. The van der Waals surface area contributed by atoms with Crippen molar-refractivity contribution in [2.24, 2.45) is 0 Å². The first-order chi connectivity index (χ1) is 6.24. The van der Waals surface area contributed by atoms with Crippen molar-refractivity contribution in [3.05, 3.63) is 35.0 Å². The summed E-state index contributed by atoms with van der Waals surface area (Å²) in [7, 11) is 0. The van der Waals surface area contributed by atoms with Gasteiger partial charge >= 0.3 is 5.97 Å².